The number of aromatic nitrogens is 1. The van der Waals surface area contributed by atoms with Crippen molar-refractivity contribution >= 4 is 29.1 Å². The molecule has 2 aromatic rings. The molecule has 2 fully saturated rings. The van der Waals surface area contributed by atoms with Gasteiger partial charge in [0, 0.05) is 37.8 Å². The van der Waals surface area contributed by atoms with Gasteiger partial charge in [0.1, 0.15) is 11.9 Å². The zero-order chi connectivity index (χ0) is 25.0. The minimum absolute atomic E-state index is 0.0418. The van der Waals surface area contributed by atoms with Gasteiger partial charge in [-0.05, 0) is 62.1 Å². The fraction of sp³-hybridized carbons (Fsp3) is 0.458. The van der Waals surface area contributed by atoms with Crippen LogP contribution in [0.1, 0.15) is 31.2 Å². The topological polar surface area (TPSA) is 86.8 Å². The van der Waals surface area contributed by atoms with Crippen LogP contribution in [0.3, 0.4) is 0 Å². The molecule has 1 aromatic heterocycles. The number of pyridine rings is 1. The second-order valence-corrected chi connectivity index (χ2v) is 8.67. The van der Waals surface area contributed by atoms with Gasteiger partial charge in [0.15, 0.2) is 0 Å². The minimum atomic E-state index is -4.51. The Morgan fingerprint density at radius 2 is 1.80 bits per heavy atom. The maximum atomic E-state index is 13.1. The van der Waals surface area contributed by atoms with Crippen LogP contribution in [0.15, 0.2) is 42.6 Å². The number of hydrogen-bond donors (Lipinski definition) is 2. The fourth-order valence-electron chi connectivity index (χ4n) is 4.58. The van der Waals surface area contributed by atoms with E-state index in [0.717, 1.165) is 42.9 Å². The van der Waals surface area contributed by atoms with Gasteiger partial charge in [-0.2, -0.15) is 13.2 Å². The molecule has 2 unspecified atom stereocenters. The summed E-state index contributed by atoms with van der Waals surface area (Å²) in [5.74, 6) is -0.280. The number of anilines is 3. The molecule has 35 heavy (non-hydrogen) atoms. The van der Waals surface area contributed by atoms with Crippen LogP contribution in [0.2, 0.25) is 0 Å². The largest absolute Gasteiger partial charge is 0.417 e. The average Bonchev–Trinajstić information content (AvgIpc) is 3.29. The number of amides is 3. The Kier molecular flexibility index (Phi) is 7.44. The summed E-state index contributed by atoms with van der Waals surface area (Å²) >= 11 is 0. The lowest BCUT2D eigenvalue weighted by molar-refractivity contribution is -0.137. The Bertz CT molecular complexity index is 1030. The van der Waals surface area contributed by atoms with E-state index in [1.54, 1.807) is 12.0 Å². The number of alkyl halides is 3. The van der Waals surface area contributed by atoms with E-state index in [9.17, 15) is 22.8 Å². The summed E-state index contributed by atoms with van der Waals surface area (Å²) in [6.45, 7) is 2.17. The Morgan fingerprint density at radius 1 is 1.09 bits per heavy atom. The van der Waals surface area contributed by atoms with Gasteiger partial charge in [0.05, 0.1) is 18.2 Å². The number of methoxy groups -OCH3 is 1. The van der Waals surface area contributed by atoms with Crippen LogP contribution < -0.4 is 20.4 Å². The number of urea groups is 1. The molecule has 0 radical (unpaired) electrons. The van der Waals surface area contributed by atoms with E-state index in [2.05, 4.69) is 20.5 Å². The Labute approximate surface area is 201 Å². The van der Waals surface area contributed by atoms with Gasteiger partial charge in [0.25, 0.3) is 0 Å². The lowest BCUT2D eigenvalue weighted by Gasteiger charge is -2.33. The molecule has 8 nitrogen and oxygen atoms in total. The van der Waals surface area contributed by atoms with Crippen LogP contribution in [-0.2, 0) is 15.7 Å². The summed E-state index contributed by atoms with van der Waals surface area (Å²) in [5, 5.41) is 4.99. The molecule has 4 rings (SSSR count). The predicted molar refractivity (Wildman–Crippen MR) is 125 cm³/mol. The molecule has 0 saturated carbocycles. The number of carbonyl (C=O) groups is 2. The zero-order valence-corrected chi connectivity index (χ0v) is 19.3. The molecule has 2 aliphatic rings. The minimum Gasteiger partial charge on any atom is -0.383 e. The lowest BCUT2D eigenvalue weighted by atomic mass is 10.0. The van der Waals surface area contributed by atoms with E-state index in [-0.39, 0.29) is 11.7 Å². The van der Waals surface area contributed by atoms with Gasteiger partial charge in [-0.15, -0.1) is 0 Å². The fourth-order valence-corrected chi connectivity index (χ4v) is 4.58. The second kappa shape index (κ2) is 10.5. The first kappa shape index (κ1) is 24.8. The molecule has 3 amide bonds. The number of benzene rings is 1. The van der Waals surface area contributed by atoms with Crippen molar-refractivity contribution in [1.29, 1.82) is 0 Å². The van der Waals surface area contributed by atoms with Crippen molar-refractivity contribution in [2.24, 2.45) is 0 Å². The first-order valence-corrected chi connectivity index (χ1v) is 11.5. The van der Waals surface area contributed by atoms with E-state index < -0.39 is 23.8 Å². The summed E-state index contributed by atoms with van der Waals surface area (Å²) in [6.07, 6.45) is -0.515. The number of carbonyl (C=O) groups excluding carboxylic acids is 2. The van der Waals surface area contributed by atoms with Crippen LogP contribution in [0.5, 0.6) is 0 Å². The molecule has 0 bridgehead atoms. The number of halogens is 3. The summed E-state index contributed by atoms with van der Waals surface area (Å²) in [7, 11) is 1.70. The molecular weight excluding hydrogens is 463 g/mol. The summed E-state index contributed by atoms with van der Waals surface area (Å²) in [6, 6.07) is 8.60. The predicted octanol–water partition coefficient (Wildman–Crippen LogP) is 4.03. The van der Waals surface area contributed by atoms with E-state index in [1.165, 1.54) is 0 Å². The van der Waals surface area contributed by atoms with Crippen molar-refractivity contribution in [2.45, 2.75) is 43.9 Å². The molecule has 11 heteroatoms. The molecule has 2 N–H and O–H groups in total. The van der Waals surface area contributed by atoms with Crippen LogP contribution >= 0.6 is 0 Å². The monoisotopic (exact) mass is 491 g/mol. The van der Waals surface area contributed by atoms with Gasteiger partial charge < -0.3 is 19.9 Å². The number of hydrogen-bond acceptors (Lipinski definition) is 5. The van der Waals surface area contributed by atoms with Crippen molar-refractivity contribution in [3.05, 3.63) is 48.2 Å². The third-order valence-corrected chi connectivity index (χ3v) is 6.31. The first-order chi connectivity index (χ1) is 16.8. The highest BCUT2D eigenvalue weighted by Crippen LogP contribution is 2.30. The maximum Gasteiger partial charge on any atom is 0.417 e. The van der Waals surface area contributed by atoms with E-state index in [0.29, 0.717) is 38.2 Å². The molecule has 3 heterocycles. The number of ether oxygens (including phenoxy) is 1. The van der Waals surface area contributed by atoms with Crippen LogP contribution in [0.25, 0.3) is 0 Å². The van der Waals surface area contributed by atoms with Crippen molar-refractivity contribution in [2.75, 3.05) is 41.9 Å². The summed E-state index contributed by atoms with van der Waals surface area (Å²) in [5.41, 5.74) is 0.917. The molecular formula is C24H28F3N5O3. The molecule has 188 valence electrons. The Hall–Kier alpha value is -3.34. The van der Waals surface area contributed by atoms with E-state index in [1.807, 2.05) is 24.3 Å². The quantitative estimate of drug-likeness (QED) is 0.637. The summed E-state index contributed by atoms with van der Waals surface area (Å²) in [4.78, 5) is 33.0. The third-order valence-electron chi connectivity index (χ3n) is 6.31. The molecule has 2 saturated heterocycles. The lowest BCUT2D eigenvalue weighted by Crippen LogP contribution is -2.53. The molecule has 1 aromatic carbocycles. The Balaban J connectivity index is 1.36. The third kappa shape index (κ3) is 5.84. The highest BCUT2D eigenvalue weighted by Gasteiger charge is 2.32. The maximum absolute atomic E-state index is 13.1. The number of nitrogens with zero attached hydrogens (tertiary/aromatic N) is 3. The molecule has 2 aliphatic heterocycles. The van der Waals surface area contributed by atoms with Gasteiger partial charge in [-0.3, -0.25) is 10.1 Å². The molecule has 0 spiro atoms. The molecule has 0 aliphatic carbocycles. The van der Waals surface area contributed by atoms with Crippen molar-refractivity contribution < 1.29 is 27.5 Å². The van der Waals surface area contributed by atoms with Crippen molar-refractivity contribution in [3.8, 4) is 0 Å². The van der Waals surface area contributed by atoms with Gasteiger partial charge in [-0.25, -0.2) is 9.78 Å². The highest BCUT2D eigenvalue weighted by atomic mass is 19.4. The van der Waals surface area contributed by atoms with Crippen LogP contribution in [-0.4, -0.2) is 55.8 Å². The van der Waals surface area contributed by atoms with Gasteiger partial charge in [0.2, 0.25) is 5.91 Å². The summed E-state index contributed by atoms with van der Waals surface area (Å²) < 4.78 is 43.3. The average molecular weight is 492 g/mol. The number of rotatable bonds is 6. The van der Waals surface area contributed by atoms with Gasteiger partial charge in [-0.1, -0.05) is 0 Å². The number of piperidine rings is 1. The smallest absolute Gasteiger partial charge is 0.383 e. The first-order valence-electron chi connectivity index (χ1n) is 11.5. The van der Waals surface area contributed by atoms with E-state index >= 15 is 0 Å². The van der Waals surface area contributed by atoms with Crippen LogP contribution in [0, 0.1) is 0 Å². The zero-order valence-electron chi connectivity index (χ0n) is 19.3. The van der Waals surface area contributed by atoms with E-state index in [4.69, 9.17) is 4.74 Å². The van der Waals surface area contributed by atoms with Crippen molar-refractivity contribution in [1.82, 2.24) is 10.3 Å². The SMILES string of the molecule is COCC1CCCN1c1ccc(N2CCCC(NC(=O)Nc3ccc(C(F)(F)F)cn3)C2=O)cc1. The normalized spacial score (nSPS) is 20.7. The van der Waals surface area contributed by atoms with Crippen LogP contribution in [0.4, 0.5) is 35.2 Å². The highest BCUT2D eigenvalue weighted by molar-refractivity contribution is 6.01. The van der Waals surface area contributed by atoms with Gasteiger partial charge >= 0.3 is 12.2 Å². The standard InChI is InChI=1S/C24H28F3N5O3/c1-35-15-19-4-2-12-31(19)17-7-9-18(10-8-17)32-13-3-5-20(22(32)33)29-23(34)30-21-11-6-16(14-28-21)24(25,26)27/h6-11,14,19-20H,2-5,12-13,15H2,1H3,(H2,28,29,30,34). The van der Waals surface area contributed by atoms with Crippen molar-refractivity contribution in [3.63, 3.8) is 0 Å². The molecule has 2 atom stereocenters. The Morgan fingerprint density at radius 3 is 2.46 bits per heavy atom. The number of nitrogens with one attached hydrogen (secondary N) is 2. The second-order valence-electron chi connectivity index (χ2n) is 8.67.